The van der Waals surface area contributed by atoms with Crippen LogP contribution in [0.2, 0.25) is 0 Å². The number of hydrogen-bond donors (Lipinski definition) is 1. The Balaban J connectivity index is 2.18. The smallest absolute Gasteiger partial charge is 0.113 e. The SMILES string of the molecule is CCC(O)=Cc1ccc(C)cc1-n1nc2ccccc2n1. The highest BCUT2D eigenvalue weighted by atomic mass is 16.3. The number of allylic oxidation sites excluding steroid dienone is 1. The van der Waals surface area contributed by atoms with Crippen LogP contribution in [0.4, 0.5) is 0 Å². The lowest BCUT2D eigenvalue weighted by atomic mass is 10.1. The fourth-order valence-corrected chi connectivity index (χ4v) is 2.20. The molecule has 0 spiro atoms. The Labute approximate surface area is 123 Å². The molecule has 0 radical (unpaired) electrons. The molecular weight excluding hydrogens is 262 g/mol. The second-order valence-corrected chi connectivity index (χ2v) is 5.03. The summed E-state index contributed by atoms with van der Waals surface area (Å²) < 4.78 is 0. The maximum absolute atomic E-state index is 9.80. The molecule has 1 N–H and O–H groups in total. The largest absolute Gasteiger partial charge is 0.512 e. The zero-order valence-electron chi connectivity index (χ0n) is 12.1. The normalized spacial score (nSPS) is 12.0. The fraction of sp³-hybridized carbons (Fsp3) is 0.176. The van der Waals surface area contributed by atoms with E-state index in [9.17, 15) is 5.11 Å². The van der Waals surface area contributed by atoms with Crippen LogP contribution >= 0.6 is 0 Å². The maximum atomic E-state index is 9.80. The lowest BCUT2D eigenvalue weighted by Crippen LogP contribution is -2.02. The Kier molecular flexibility index (Phi) is 3.44. The first-order valence-electron chi connectivity index (χ1n) is 7.00. The molecule has 0 aliphatic heterocycles. The first-order valence-corrected chi connectivity index (χ1v) is 7.00. The van der Waals surface area contributed by atoms with Crippen molar-refractivity contribution in [2.75, 3.05) is 0 Å². The van der Waals surface area contributed by atoms with Crippen LogP contribution in [0.1, 0.15) is 24.5 Å². The third-order valence-electron chi connectivity index (χ3n) is 3.37. The molecule has 21 heavy (non-hydrogen) atoms. The molecule has 0 amide bonds. The minimum absolute atomic E-state index is 0.344. The maximum Gasteiger partial charge on any atom is 0.113 e. The molecule has 4 nitrogen and oxygen atoms in total. The topological polar surface area (TPSA) is 50.9 Å². The van der Waals surface area contributed by atoms with E-state index < -0.39 is 0 Å². The van der Waals surface area contributed by atoms with Crippen LogP contribution in [-0.4, -0.2) is 20.1 Å². The molecule has 1 heterocycles. The van der Waals surface area contributed by atoms with Gasteiger partial charge in [-0.1, -0.05) is 31.2 Å². The van der Waals surface area contributed by atoms with Crippen molar-refractivity contribution in [2.45, 2.75) is 20.3 Å². The summed E-state index contributed by atoms with van der Waals surface area (Å²) in [5.74, 6) is 0.344. The fourth-order valence-electron chi connectivity index (χ4n) is 2.20. The highest BCUT2D eigenvalue weighted by Crippen LogP contribution is 2.20. The van der Waals surface area contributed by atoms with Gasteiger partial charge in [-0.05, 0) is 36.8 Å². The summed E-state index contributed by atoms with van der Waals surface area (Å²) in [6.45, 7) is 3.94. The highest BCUT2D eigenvalue weighted by molar-refractivity contribution is 5.74. The minimum Gasteiger partial charge on any atom is -0.512 e. The van der Waals surface area contributed by atoms with Crippen molar-refractivity contribution in [1.29, 1.82) is 0 Å². The standard InChI is InChI=1S/C17H17N3O/c1-3-14(21)11-13-9-8-12(2)10-17(13)20-18-15-6-4-5-7-16(15)19-20/h4-11,21H,3H2,1-2H3. The van der Waals surface area contributed by atoms with Crippen LogP contribution in [0, 0.1) is 6.92 Å². The number of benzene rings is 2. The zero-order valence-corrected chi connectivity index (χ0v) is 12.1. The van der Waals surface area contributed by atoms with Gasteiger partial charge in [-0.25, -0.2) is 0 Å². The average molecular weight is 279 g/mol. The van der Waals surface area contributed by atoms with Crippen molar-refractivity contribution in [2.24, 2.45) is 0 Å². The summed E-state index contributed by atoms with van der Waals surface area (Å²) in [4.78, 5) is 1.63. The lowest BCUT2D eigenvalue weighted by molar-refractivity contribution is 0.400. The number of hydrogen-bond acceptors (Lipinski definition) is 3. The molecule has 0 aliphatic rings. The number of nitrogens with zero attached hydrogens (tertiary/aromatic N) is 3. The van der Waals surface area contributed by atoms with Gasteiger partial charge in [0.25, 0.3) is 0 Å². The molecule has 0 unspecified atom stereocenters. The number of rotatable bonds is 3. The van der Waals surface area contributed by atoms with Gasteiger partial charge in [-0.3, -0.25) is 0 Å². The number of aliphatic hydroxyl groups is 1. The Morgan fingerprint density at radius 1 is 1.14 bits per heavy atom. The van der Waals surface area contributed by atoms with Gasteiger partial charge >= 0.3 is 0 Å². The molecule has 3 rings (SSSR count). The molecule has 1 aromatic heterocycles. The van der Waals surface area contributed by atoms with Crippen LogP contribution in [0.25, 0.3) is 22.8 Å². The molecule has 0 aliphatic carbocycles. The summed E-state index contributed by atoms with van der Waals surface area (Å²) in [6.07, 6.45) is 2.37. The summed E-state index contributed by atoms with van der Waals surface area (Å²) in [5.41, 5.74) is 4.60. The van der Waals surface area contributed by atoms with Crippen molar-refractivity contribution in [3.63, 3.8) is 0 Å². The van der Waals surface area contributed by atoms with E-state index in [0.717, 1.165) is 27.8 Å². The van der Waals surface area contributed by atoms with Gasteiger partial charge in [0.2, 0.25) is 0 Å². The lowest BCUT2D eigenvalue weighted by Gasteiger charge is -2.07. The number of aromatic nitrogens is 3. The molecule has 2 aromatic carbocycles. The molecule has 3 aromatic rings. The van der Waals surface area contributed by atoms with Crippen LogP contribution in [0.15, 0.2) is 48.2 Å². The Bertz CT molecular complexity index is 785. The Morgan fingerprint density at radius 3 is 2.43 bits per heavy atom. The molecule has 0 bridgehead atoms. The quantitative estimate of drug-likeness (QED) is 0.736. The summed E-state index contributed by atoms with van der Waals surface area (Å²) >= 11 is 0. The molecule has 0 fully saturated rings. The predicted molar refractivity (Wildman–Crippen MR) is 84.5 cm³/mol. The van der Waals surface area contributed by atoms with E-state index in [0.29, 0.717) is 12.2 Å². The van der Waals surface area contributed by atoms with Gasteiger partial charge in [0.15, 0.2) is 0 Å². The third-order valence-corrected chi connectivity index (χ3v) is 3.37. The minimum atomic E-state index is 0.344. The van der Waals surface area contributed by atoms with Crippen molar-refractivity contribution in [3.8, 4) is 5.69 Å². The van der Waals surface area contributed by atoms with Gasteiger partial charge in [0.05, 0.1) is 11.4 Å². The second kappa shape index (κ2) is 5.40. The molecule has 4 heteroatoms. The Morgan fingerprint density at radius 2 is 1.81 bits per heavy atom. The van der Waals surface area contributed by atoms with E-state index >= 15 is 0 Å². The average Bonchev–Trinajstić information content (AvgIpc) is 2.92. The van der Waals surface area contributed by atoms with E-state index in [4.69, 9.17) is 0 Å². The monoisotopic (exact) mass is 279 g/mol. The molecule has 106 valence electrons. The number of fused-ring (bicyclic) bond motifs is 1. The molecule has 0 atom stereocenters. The van der Waals surface area contributed by atoms with Crippen molar-refractivity contribution in [3.05, 3.63) is 59.4 Å². The molecule has 0 saturated carbocycles. The molecular formula is C17H17N3O. The van der Waals surface area contributed by atoms with Crippen molar-refractivity contribution >= 4 is 17.1 Å². The second-order valence-electron chi connectivity index (χ2n) is 5.03. The molecule has 0 saturated heterocycles. The Hall–Kier alpha value is -2.62. The zero-order chi connectivity index (χ0) is 14.8. The van der Waals surface area contributed by atoms with Gasteiger partial charge in [0.1, 0.15) is 11.0 Å². The number of aryl methyl sites for hydroxylation is 1. The van der Waals surface area contributed by atoms with Crippen molar-refractivity contribution in [1.82, 2.24) is 15.0 Å². The van der Waals surface area contributed by atoms with Crippen LogP contribution < -0.4 is 0 Å². The van der Waals surface area contributed by atoms with Crippen molar-refractivity contribution < 1.29 is 5.11 Å². The first kappa shape index (κ1) is 13.4. The van der Waals surface area contributed by atoms with E-state index in [1.54, 1.807) is 10.9 Å². The highest BCUT2D eigenvalue weighted by Gasteiger charge is 2.08. The van der Waals surface area contributed by atoms with E-state index in [2.05, 4.69) is 10.2 Å². The van der Waals surface area contributed by atoms with Crippen LogP contribution in [-0.2, 0) is 0 Å². The van der Waals surface area contributed by atoms with Crippen LogP contribution in [0.3, 0.4) is 0 Å². The summed E-state index contributed by atoms with van der Waals surface area (Å²) in [5, 5.41) is 18.8. The predicted octanol–water partition coefficient (Wildman–Crippen LogP) is 4.04. The summed E-state index contributed by atoms with van der Waals surface area (Å²) in [7, 11) is 0. The van der Waals surface area contributed by atoms with Gasteiger partial charge in [-0.2, -0.15) is 0 Å². The van der Waals surface area contributed by atoms with E-state index in [-0.39, 0.29) is 0 Å². The van der Waals surface area contributed by atoms with Gasteiger partial charge in [-0.15, -0.1) is 15.0 Å². The van der Waals surface area contributed by atoms with Crippen LogP contribution in [0.5, 0.6) is 0 Å². The number of aliphatic hydroxyl groups excluding tert-OH is 1. The third kappa shape index (κ3) is 2.65. The van der Waals surface area contributed by atoms with Gasteiger partial charge in [0, 0.05) is 12.0 Å². The van der Waals surface area contributed by atoms with E-state index in [1.165, 1.54) is 0 Å². The van der Waals surface area contributed by atoms with E-state index in [1.807, 2.05) is 56.3 Å². The summed E-state index contributed by atoms with van der Waals surface area (Å²) in [6, 6.07) is 13.8. The van der Waals surface area contributed by atoms with Gasteiger partial charge < -0.3 is 5.11 Å². The first-order chi connectivity index (χ1) is 10.2.